The number of hydrogen-bond acceptors (Lipinski definition) is 4. The first kappa shape index (κ1) is 26.6. The number of Topliss-reactive ketones (excluding diaryl/α,β-unsaturated/α-hetero) is 2. The highest BCUT2D eigenvalue weighted by atomic mass is 35.5. The summed E-state index contributed by atoms with van der Waals surface area (Å²) in [5, 5.41) is 0. The molecule has 2 aliphatic heterocycles. The van der Waals surface area contributed by atoms with Gasteiger partial charge in [0.15, 0.2) is 11.6 Å². The van der Waals surface area contributed by atoms with Gasteiger partial charge in [-0.2, -0.15) is 0 Å². The summed E-state index contributed by atoms with van der Waals surface area (Å²) in [6, 6.07) is 20.7. The van der Waals surface area contributed by atoms with Gasteiger partial charge in [-0.05, 0) is 30.4 Å². The van der Waals surface area contributed by atoms with Crippen molar-refractivity contribution in [3.05, 3.63) is 71.8 Å². The van der Waals surface area contributed by atoms with E-state index in [1.54, 1.807) is 0 Å². The van der Waals surface area contributed by atoms with Crippen molar-refractivity contribution in [1.82, 2.24) is 9.80 Å². The minimum absolute atomic E-state index is 0.206. The average molecular weight is 483 g/mol. The summed E-state index contributed by atoms with van der Waals surface area (Å²) >= 11 is 5.67. The molecule has 5 heteroatoms. The van der Waals surface area contributed by atoms with Crippen molar-refractivity contribution in [2.24, 2.45) is 11.8 Å². The number of ketones is 2. The van der Waals surface area contributed by atoms with Gasteiger partial charge in [0, 0.05) is 43.9 Å². The van der Waals surface area contributed by atoms with E-state index in [9.17, 15) is 9.59 Å². The first-order chi connectivity index (χ1) is 16.6. The van der Waals surface area contributed by atoms with E-state index in [1.165, 1.54) is 24.0 Å². The van der Waals surface area contributed by atoms with Crippen molar-refractivity contribution in [2.75, 3.05) is 32.1 Å². The maximum Gasteiger partial charge on any atom is 0.151 e. The van der Waals surface area contributed by atoms with Crippen LogP contribution in [0.5, 0.6) is 0 Å². The predicted molar refractivity (Wildman–Crippen MR) is 140 cm³/mol. The highest BCUT2D eigenvalue weighted by Crippen LogP contribution is 2.21. The van der Waals surface area contributed by atoms with Gasteiger partial charge in [-0.1, -0.05) is 80.4 Å². The third kappa shape index (κ3) is 8.65. The third-order valence-corrected chi connectivity index (χ3v) is 6.98. The number of hydrogen-bond donors (Lipinski definition) is 0. The predicted octanol–water partition coefficient (Wildman–Crippen LogP) is 5.58. The van der Waals surface area contributed by atoms with E-state index in [-0.39, 0.29) is 5.92 Å². The van der Waals surface area contributed by atoms with Gasteiger partial charge < -0.3 is 0 Å². The summed E-state index contributed by atoms with van der Waals surface area (Å²) in [6.45, 7) is 7.06. The van der Waals surface area contributed by atoms with Crippen LogP contribution in [0.4, 0.5) is 0 Å². The van der Waals surface area contributed by atoms with Crippen molar-refractivity contribution in [1.29, 1.82) is 0 Å². The van der Waals surface area contributed by atoms with E-state index >= 15 is 0 Å². The Labute approximate surface area is 210 Å². The van der Waals surface area contributed by atoms with E-state index in [0.717, 1.165) is 45.4 Å². The number of benzene rings is 2. The molecule has 2 unspecified atom stereocenters. The van der Waals surface area contributed by atoms with E-state index < -0.39 is 0 Å². The molecule has 0 radical (unpaired) electrons. The number of unbranched alkanes of at least 4 members (excludes halogenated alkanes) is 1. The number of alkyl halides is 1. The van der Waals surface area contributed by atoms with Gasteiger partial charge in [0.2, 0.25) is 0 Å². The van der Waals surface area contributed by atoms with Gasteiger partial charge in [0.25, 0.3) is 0 Å². The quantitative estimate of drug-likeness (QED) is 0.414. The second-order valence-electron chi connectivity index (χ2n) is 9.61. The van der Waals surface area contributed by atoms with Crippen LogP contribution in [-0.2, 0) is 22.7 Å². The Morgan fingerprint density at radius 3 is 1.59 bits per heavy atom. The highest BCUT2D eigenvalue weighted by Gasteiger charge is 2.30. The number of nitrogens with zero attached hydrogens (tertiary/aromatic N) is 2. The molecule has 2 saturated heterocycles. The van der Waals surface area contributed by atoms with E-state index in [1.807, 2.05) is 24.3 Å². The van der Waals surface area contributed by atoms with Crippen LogP contribution in [0.3, 0.4) is 0 Å². The largest absolute Gasteiger partial charge is 0.298 e. The second kappa shape index (κ2) is 14.4. The van der Waals surface area contributed by atoms with Crippen LogP contribution in [0.1, 0.15) is 50.2 Å². The van der Waals surface area contributed by atoms with Crippen molar-refractivity contribution < 1.29 is 9.59 Å². The summed E-state index contributed by atoms with van der Waals surface area (Å²) < 4.78 is 0. The van der Waals surface area contributed by atoms with Crippen LogP contribution in [0.15, 0.2) is 60.7 Å². The summed E-state index contributed by atoms with van der Waals surface area (Å²) in [7, 11) is 0. The molecule has 0 spiro atoms. The molecule has 2 atom stereocenters. The van der Waals surface area contributed by atoms with Crippen LogP contribution >= 0.6 is 11.6 Å². The summed E-state index contributed by atoms with van der Waals surface area (Å²) in [5.74, 6) is 1.97. The lowest BCUT2D eigenvalue weighted by Crippen LogP contribution is -2.20. The molecule has 4 nitrogen and oxygen atoms in total. The Balaban J connectivity index is 0.000000191. The average Bonchev–Trinajstić information content (AvgIpc) is 3.38. The Hall–Kier alpha value is -2.01. The normalized spacial score (nSPS) is 21.0. The molecule has 0 bridgehead atoms. The molecule has 2 aliphatic rings. The Bertz CT molecular complexity index is 801. The molecular weight excluding hydrogens is 444 g/mol. The van der Waals surface area contributed by atoms with Crippen LogP contribution < -0.4 is 0 Å². The van der Waals surface area contributed by atoms with Gasteiger partial charge in [-0.3, -0.25) is 19.4 Å². The maximum atomic E-state index is 11.8. The lowest BCUT2D eigenvalue weighted by Gasteiger charge is -2.14. The molecule has 2 aromatic rings. The summed E-state index contributed by atoms with van der Waals surface area (Å²) in [5.41, 5.74) is 2.58. The van der Waals surface area contributed by atoms with Crippen LogP contribution in [0.25, 0.3) is 0 Å². The zero-order chi connectivity index (χ0) is 24.2. The molecule has 2 heterocycles. The fourth-order valence-corrected chi connectivity index (χ4v) is 5.01. The Morgan fingerprint density at radius 2 is 1.18 bits per heavy atom. The van der Waals surface area contributed by atoms with Crippen molar-refractivity contribution >= 4 is 23.2 Å². The van der Waals surface area contributed by atoms with Gasteiger partial charge >= 0.3 is 0 Å². The number of rotatable bonds is 10. The zero-order valence-corrected chi connectivity index (χ0v) is 21.3. The monoisotopic (exact) mass is 482 g/mol. The number of halogens is 1. The van der Waals surface area contributed by atoms with Crippen molar-refractivity contribution in [3.63, 3.8) is 0 Å². The Kier molecular flexibility index (Phi) is 11.3. The molecule has 0 amide bonds. The smallest absolute Gasteiger partial charge is 0.151 e. The molecule has 0 N–H and O–H groups in total. The lowest BCUT2D eigenvalue weighted by molar-refractivity contribution is -0.120. The maximum absolute atomic E-state index is 11.8. The molecule has 34 heavy (non-hydrogen) atoms. The van der Waals surface area contributed by atoms with Gasteiger partial charge in [-0.25, -0.2) is 0 Å². The molecule has 0 saturated carbocycles. The summed E-state index contributed by atoms with van der Waals surface area (Å²) in [4.78, 5) is 28.1. The minimum atomic E-state index is 0.206. The first-order valence-corrected chi connectivity index (χ1v) is 13.3. The highest BCUT2D eigenvalue weighted by molar-refractivity contribution is 6.17. The Morgan fingerprint density at radius 1 is 0.735 bits per heavy atom. The van der Waals surface area contributed by atoms with Crippen LogP contribution in [0, 0.1) is 11.8 Å². The van der Waals surface area contributed by atoms with E-state index in [0.29, 0.717) is 36.5 Å². The van der Waals surface area contributed by atoms with Gasteiger partial charge in [-0.15, -0.1) is 11.6 Å². The first-order valence-electron chi connectivity index (χ1n) is 12.7. The van der Waals surface area contributed by atoms with E-state index in [2.05, 4.69) is 53.1 Å². The second-order valence-corrected chi connectivity index (χ2v) is 9.99. The van der Waals surface area contributed by atoms with Gasteiger partial charge in [0.1, 0.15) is 0 Å². The molecule has 4 rings (SSSR count). The zero-order valence-electron chi connectivity index (χ0n) is 20.5. The summed E-state index contributed by atoms with van der Waals surface area (Å²) in [6.07, 6.45) is 5.31. The van der Waals surface area contributed by atoms with Crippen LogP contribution in [0.2, 0.25) is 0 Å². The molecule has 0 aliphatic carbocycles. The lowest BCUT2D eigenvalue weighted by atomic mass is 10.0. The standard InChI is InChI=1S/C15H21NO.C14H18ClNO/c1-2-3-9-14-11-16(12-15(14)17)10-13-7-5-4-6-8-13;15-8-4-7-13-10-16(11-14(13)17)9-12-5-2-1-3-6-12/h4-8,14H,2-3,9-12H2,1H3;1-3,5-6,13H,4,7-11H2. The van der Waals surface area contributed by atoms with Crippen molar-refractivity contribution in [3.8, 4) is 0 Å². The van der Waals surface area contributed by atoms with E-state index in [4.69, 9.17) is 11.6 Å². The molecule has 0 aromatic heterocycles. The fraction of sp³-hybridized carbons (Fsp3) is 0.517. The molecule has 2 aromatic carbocycles. The number of carbonyl (C=O) groups is 2. The molecule has 2 fully saturated rings. The van der Waals surface area contributed by atoms with Crippen molar-refractivity contribution in [2.45, 2.75) is 52.1 Å². The van der Waals surface area contributed by atoms with Gasteiger partial charge in [0.05, 0.1) is 13.1 Å². The van der Waals surface area contributed by atoms with Crippen LogP contribution in [-0.4, -0.2) is 53.4 Å². The minimum Gasteiger partial charge on any atom is -0.298 e. The topological polar surface area (TPSA) is 40.6 Å². The molecule has 184 valence electrons. The number of likely N-dealkylation sites (tertiary alicyclic amines) is 2. The third-order valence-electron chi connectivity index (χ3n) is 6.72. The number of carbonyl (C=O) groups excluding carboxylic acids is 2. The SMILES string of the molecule is CCCCC1CN(Cc2ccccc2)CC1=O.O=C1CN(Cc2ccccc2)CC1CCCCl. The molecular formula is C29H39ClN2O2. The fourth-order valence-electron chi connectivity index (χ4n) is 4.86.